The summed E-state index contributed by atoms with van der Waals surface area (Å²) in [5.74, 6) is 0.693. The van der Waals surface area contributed by atoms with Crippen LogP contribution in [0.3, 0.4) is 0 Å². The molecule has 0 aliphatic heterocycles. The van der Waals surface area contributed by atoms with E-state index in [1.807, 2.05) is 72.8 Å². The Morgan fingerprint density at radius 3 is 1.81 bits per heavy atom. The lowest BCUT2D eigenvalue weighted by molar-refractivity contribution is 1.18. The second kappa shape index (κ2) is 7.40. The maximum atomic E-state index is 6.24. The topological polar surface area (TPSA) is 25.8 Å². The lowest BCUT2D eigenvalue weighted by atomic mass is 10.1. The monoisotopic (exact) mass is 420 g/mol. The van der Waals surface area contributed by atoms with Crippen LogP contribution in [0, 0.1) is 0 Å². The van der Waals surface area contributed by atoms with E-state index in [0.717, 1.165) is 32.6 Å². The normalized spacial score (nSPS) is 10.7. The van der Waals surface area contributed by atoms with Gasteiger partial charge in [0.1, 0.15) is 0 Å². The largest absolute Gasteiger partial charge is 0.228 e. The van der Waals surface area contributed by atoms with Crippen LogP contribution in [-0.2, 0) is 0 Å². The Balaban J connectivity index is 1.93. The Bertz CT molecular complexity index is 972. The molecule has 1 aromatic heterocycles. The SMILES string of the molecule is Clc1cc(Br)cc(-c2cc(-c3ccccc3)nc(-c3ccccc3)n2)c1. The molecule has 0 aliphatic carbocycles. The molecular formula is C22H14BrClN2. The first-order valence-electron chi connectivity index (χ1n) is 8.15. The van der Waals surface area contributed by atoms with Gasteiger partial charge in [0.2, 0.25) is 0 Å². The zero-order valence-corrected chi connectivity index (χ0v) is 16.1. The summed E-state index contributed by atoms with van der Waals surface area (Å²) in [7, 11) is 0. The van der Waals surface area contributed by atoms with Crippen LogP contribution in [0.2, 0.25) is 5.02 Å². The van der Waals surface area contributed by atoms with Crippen LogP contribution >= 0.6 is 27.5 Å². The molecule has 0 unspecified atom stereocenters. The van der Waals surface area contributed by atoms with Gasteiger partial charge in [-0.05, 0) is 24.3 Å². The predicted molar refractivity (Wildman–Crippen MR) is 111 cm³/mol. The van der Waals surface area contributed by atoms with Crippen LogP contribution in [0.5, 0.6) is 0 Å². The van der Waals surface area contributed by atoms with Crippen molar-refractivity contribution >= 4 is 27.5 Å². The summed E-state index contributed by atoms with van der Waals surface area (Å²) >= 11 is 9.75. The van der Waals surface area contributed by atoms with Crippen LogP contribution in [0.4, 0.5) is 0 Å². The highest BCUT2D eigenvalue weighted by Gasteiger charge is 2.11. The van der Waals surface area contributed by atoms with E-state index >= 15 is 0 Å². The fourth-order valence-electron chi connectivity index (χ4n) is 2.77. The van der Waals surface area contributed by atoms with Crippen molar-refractivity contribution in [1.29, 1.82) is 0 Å². The van der Waals surface area contributed by atoms with Crippen molar-refractivity contribution in [2.45, 2.75) is 0 Å². The average Bonchev–Trinajstić information content (AvgIpc) is 2.68. The summed E-state index contributed by atoms with van der Waals surface area (Å²) in [6.45, 7) is 0. The van der Waals surface area contributed by atoms with Crippen molar-refractivity contribution in [2.24, 2.45) is 0 Å². The summed E-state index contributed by atoms with van der Waals surface area (Å²) in [5, 5.41) is 0.663. The molecule has 1 heterocycles. The van der Waals surface area contributed by atoms with Crippen molar-refractivity contribution in [2.75, 3.05) is 0 Å². The molecule has 0 amide bonds. The molecule has 126 valence electrons. The van der Waals surface area contributed by atoms with Crippen molar-refractivity contribution in [1.82, 2.24) is 9.97 Å². The lowest BCUT2D eigenvalue weighted by Gasteiger charge is -2.10. The Hall–Kier alpha value is -2.49. The highest BCUT2D eigenvalue weighted by atomic mass is 79.9. The van der Waals surface area contributed by atoms with E-state index in [2.05, 4.69) is 28.1 Å². The number of hydrogen-bond donors (Lipinski definition) is 0. The molecule has 0 saturated heterocycles. The first kappa shape index (κ1) is 17.0. The third-order valence-corrected chi connectivity index (χ3v) is 4.66. The van der Waals surface area contributed by atoms with Crippen LogP contribution in [0.25, 0.3) is 33.9 Å². The molecule has 0 radical (unpaired) electrons. The van der Waals surface area contributed by atoms with Crippen LogP contribution < -0.4 is 0 Å². The summed E-state index contributed by atoms with van der Waals surface area (Å²) in [4.78, 5) is 9.58. The Morgan fingerprint density at radius 1 is 0.615 bits per heavy atom. The quantitative estimate of drug-likeness (QED) is 0.360. The van der Waals surface area contributed by atoms with E-state index in [-0.39, 0.29) is 0 Å². The maximum absolute atomic E-state index is 6.24. The first-order chi connectivity index (χ1) is 12.7. The molecule has 26 heavy (non-hydrogen) atoms. The minimum Gasteiger partial charge on any atom is -0.228 e. The second-order valence-electron chi connectivity index (χ2n) is 5.85. The van der Waals surface area contributed by atoms with Gasteiger partial charge in [0.05, 0.1) is 11.4 Å². The molecule has 0 saturated carbocycles. The zero-order valence-electron chi connectivity index (χ0n) is 13.7. The van der Waals surface area contributed by atoms with E-state index in [1.165, 1.54) is 0 Å². The van der Waals surface area contributed by atoms with Gasteiger partial charge in [0.25, 0.3) is 0 Å². The van der Waals surface area contributed by atoms with Gasteiger partial charge in [0, 0.05) is 26.2 Å². The van der Waals surface area contributed by atoms with Gasteiger partial charge < -0.3 is 0 Å². The molecule has 3 aromatic carbocycles. The molecule has 0 atom stereocenters. The average molecular weight is 422 g/mol. The molecule has 4 aromatic rings. The lowest BCUT2D eigenvalue weighted by Crippen LogP contribution is -1.95. The van der Waals surface area contributed by atoms with E-state index in [0.29, 0.717) is 10.8 Å². The maximum Gasteiger partial charge on any atom is 0.160 e. The van der Waals surface area contributed by atoms with Gasteiger partial charge in [-0.3, -0.25) is 0 Å². The molecular weight excluding hydrogens is 408 g/mol. The number of halogens is 2. The van der Waals surface area contributed by atoms with Crippen molar-refractivity contribution in [3.05, 3.63) is 94.4 Å². The predicted octanol–water partition coefficient (Wildman–Crippen LogP) is 6.89. The highest BCUT2D eigenvalue weighted by Crippen LogP contribution is 2.30. The van der Waals surface area contributed by atoms with Crippen molar-refractivity contribution in [3.8, 4) is 33.9 Å². The molecule has 0 N–H and O–H groups in total. The third kappa shape index (κ3) is 3.69. The van der Waals surface area contributed by atoms with E-state index in [9.17, 15) is 0 Å². The summed E-state index contributed by atoms with van der Waals surface area (Å²) in [6.07, 6.45) is 0. The van der Waals surface area contributed by atoms with Gasteiger partial charge in [-0.25, -0.2) is 9.97 Å². The van der Waals surface area contributed by atoms with Gasteiger partial charge in [-0.15, -0.1) is 0 Å². The first-order valence-corrected chi connectivity index (χ1v) is 9.32. The number of nitrogens with zero attached hydrogens (tertiary/aromatic N) is 2. The molecule has 0 bridgehead atoms. The van der Waals surface area contributed by atoms with Crippen LogP contribution in [0.15, 0.2) is 89.4 Å². The Kier molecular flexibility index (Phi) is 4.83. The Morgan fingerprint density at radius 2 is 1.19 bits per heavy atom. The third-order valence-electron chi connectivity index (χ3n) is 3.99. The number of hydrogen-bond acceptors (Lipinski definition) is 2. The number of aromatic nitrogens is 2. The summed E-state index contributed by atoms with van der Waals surface area (Å²) in [6, 6.07) is 27.9. The van der Waals surface area contributed by atoms with Gasteiger partial charge in [-0.2, -0.15) is 0 Å². The van der Waals surface area contributed by atoms with E-state index < -0.39 is 0 Å². The van der Waals surface area contributed by atoms with Crippen LogP contribution in [-0.4, -0.2) is 9.97 Å². The smallest absolute Gasteiger partial charge is 0.160 e. The standard InChI is InChI=1S/C22H14BrClN2/c23-18-11-17(12-19(24)13-18)21-14-20(15-7-3-1-4-8-15)25-22(26-21)16-9-5-2-6-10-16/h1-14H. The molecule has 2 nitrogen and oxygen atoms in total. The van der Waals surface area contributed by atoms with Crippen LogP contribution in [0.1, 0.15) is 0 Å². The minimum absolute atomic E-state index is 0.663. The van der Waals surface area contributed by atoms with Crippen molar-refractivity contribution < 1.29 is 0 Å². The zero-order chi connectivity index (χ0) is 17.9. The summed E-state index contributed by atoms with van der Waals surface area (Å²) in [5.41, 5.74) is 4.69. The number of rotatable bonds is 3. The fourth-order valence-corrected chi connectivity index (χ4v) is 3.63. The molecule has 0 spiro atoms. The Labute approximate surface area is 165 Å². The minimum atomic E-state index is 0.663. The summed E-state index contributed by atoms with van der Waals surface area (Å²) < 4.78 is 0.918. The van der Waals surface area contributed by atoms with Gasteiger partial charge >= 0.3 is 0 Å². The second-order valence-corrected chi connectivity index (χ2v) is 7.20. The van der Waals surface area contributed by atoms with Crippen molar-refractivity contribution in [3.63, 3.8) is 0 Å². The molecule has 4 rings (SSSR count). The van der Waals surface area contributed by atoms with E-state index in [4.69, 9.17) is 21.6 Å². The molecule has 4 heteroatoms. The number of benzene rings is 3. The molecule has 0 fully saturated rings. The van der Waals surface area contributed by atoms with Gasteiger partial charge in [0.15, 0.2) is 5.82 Å². The molecule has 0 aliphatic rings. The highest BCUT2D eigenvalue weighted by molar-refractivity contribution is 9.10. The van der Waals surface area contributed by atoms with Gasteiger partial charge in [-0.1, -0.05) is 88.2 Å². The fraction of sp³-hybridized carbons (Fsp3) is 0. The van der Waals surface area contributed by atoms with E-state index in [1.54, 1.807) is 0 Å².